The van der Waals surface area contributed by atoms with Gasteiger partial charge in [-0.1, -0.05) is 18.2 Å². The van der Waals surface area contributed by atoms with E-state index in [2.05, 4.69) is 58.6 Å². The molecule has 2 aliphatic heterocycles. The SMILES string of the molecule is CN=C(NCCN1c2ccccc2CC1C)NCC1(C)CCCO1. The van der Waals surface area contributed by atoms with Crippen molar-refractivity contribution in [2.45, 2.75) is 44.8 Å². The van der Waals surface area contributed by atoms with E-state index in [4.69, 9.17) is 4.74 Å². The molecule has 5 nitrogen and oxygen atoms in total. The Morgan fingerprint density at radius 1 is 1.38 bits per heavy atom. The van der Waals surface area contributed by atoms with Crippen molar-refractivity contribution in [2.24, 2.45) is 4.99 Å². The average Bonchev–Trinajstić information content (AvgIpc) is 3.15. The van der Waals surface area contributed by atoms with Crippen LogP contribution in [0.3, 0.4) is 0 Å². The van der Waals surface area contributed by atoms with E-state index in [0.29, 0.717) is 6.04 Å². The summed E-state index contributed by atoms with van der Waals surface area (Å²) in [6.07, 6.45) is 3.40. The molecule has 132 valence electrons. The number of fused-ring (bicyclic) bond motifs is 1. The van der Waals surface area contributed by atoms with E-state index in [9.17, 15) is 0 Å². The highest BCUT2D eigenvalue weighted by atomic mass is 16.5. The lowest BCUT2D eigenvalue weighted by atomic mass is 10.0. The van der Waals surface area contributed by atoms with Gasteiger partial charge < -0.3 is 20.3 Å². The van der Waals surface area contributed by atoms with Gasteiger partial charge >= 0.3 is 0 Å². The van der Waals surface area contributed by atoms with Crippen molar-refractivity contribution < 1.29 is 4.74 Å². The van der Waals surface area contributed by atoms with E-state index in [1.165, 1.54) is 11.3 Å². The van der Waals surface area contributed by atoms with Crippen LogP contribution in [0.5, 0.6) is 0 Å². The second kappa shape index (κ2) is 7.43. The molecule has 1 aromatic carbocycles. The van der Waals surface area contributed by atoms with E-state index in [-0.39, 0.29) is 5.60 Å². The normalized spacial score (nSPS) is 26.5. The Labute approximate surface area is 145 Å². The van der Waals surface area contributed by atoms with Crippen LogP contribution >= 0.6 is 0 Å². The van der Waals surface area contributed by atoms with Crippen LogP contribution in [0.25, 0.3) is 0 Å². The Bertz CT molecular complexity index is 580. The molecule has 0 aliphatic carbocycles. The van der Waals surface area contributed by atoms with Crippen molar-refractivity contribution in [3.8, 4) is 0 Å². The molecule has 1 fully saturated rings. The standard InChI is InChI=1S/C19H30N4O/c1-15-13-16-7-4-5-8-17(16)23(15)11-10-21-18(20-3)22-14-19(2)9-6-12-24-19/h4-5,7-8,15H,6,9-14H2,1-3H3,(H2,20,21,22). The molecule has 24 heavy (non-hydrogen) atoms. The zero-order valence-electron chi connectivity index (χ0n) is 15.1. The molecule has 0 aromatic heterocycles. The lowest BCUT2D eigenvalue weighted by Gasteiger charge is -2.27. The molecule has 0 amide bonds. The van der Waals surface area contributed by atoms with Gasteiger partial charge in [0.2, 0.25) is 0 Å². The maximum atomic E-state index is 5.82. The largest absolute Gasteiger partial charge is 0.373 e. The molecular formula is C19H30N4O. The smallest absolute Gasteiger partial charge is 0.191 e. The molecule has 2 aliphatic rings. The van der Waals surface area contributed by atoms with Crippen LogP contribution in [0, 0.1) is 0 Å². The summed E-state index contributed by atoms with van der Waals surface area (Å²) in [5.74, 6) is 0.854. The van der Waals surface area contributed by atoms with Gasteiger partial charge in [0.05, 0.1) is 5.60 Å². The highest BCUT2D eigenvalue weighted by Gasteiger charge is 2.29. The number of ether oxygens (including phenoxy) is 1. The van der Waals surface area contributed by atoms with Crippen LogP contribution in [0.4, 0.5) is 5.69 Å². The zero-order valence-corrected chi connectivity index (χ0v) is 15.1. The quantitative estimate of drug-likeness (QED) is 0.642. The summed E-state index contributed by atoms with van der Waals surface area (Å²) >= 11 is 0. The van der Waals surface area contributed by atoms with Crippen molar-refractivity contribution in [3.63, 3.8) is 0 Å². The summed E-state index contributed by atoms with van der Waals surface area (Å²) in [7, 11) is 1.82. The van der Waals surface area contributed by atoms with E-state index in [0.717, 1.165) is 51.5 Å². The van der Waals surface area contributed by atoms with Gasteiger partial charge in [0.15, 0.2) is 5.96 Å². The molecule has 5 heteroatoms. The van der Waals surface area contributed by atoms with E-state index >= 15 is 0 Å². The monoisotopic (exact) mass is 330 g/mol. The number of aliphatic imine (C=N–C) groups is 1. The molecule has 3 rings (SSSR count). The Morgan fingerprint density at radius 2 is 2.21 bits per heavy atom. The van der Waals surface area contributed by atoms with Gasteiger partial charge in [-0.15, -0.1) is 0 Å². The second-order valence-electron chi connectivity index (χ2n) is 7.13. The van der Waals surface area contributed by atoms with Crippen molar-refractivity contribution in [1.82, 2.24) is 10.6 Å². The fourth-order valence-electron chi connectivity index (χ4n) is 3.73. The zero-order chi connectivity index (χ0) is 17.0. The third-order valence-electron chi connectivity index (χ3n) is 5.15. The van der Waals surface area contributed by atoms with Gasteiger partial charge in [-0.25, -0.2) is 0 Å². The fourth-order valence-corrected chi connectivity index (χ4v) is 3.73. The number of hydrogen-bond donors (Lipinski definition) is 2. The van der Waals surface area contributed by atoms with Gasteiger partial charge in [-0.05, 0) is 44.7 Å². The van der Waals surface area contributed by atoms with Gasteiger partial charge in [-0.2, -0.15) is 0 Å². The Kier molecular flexibility index (Phi) is 5.29. The molecule has 0 saturated carbocycles. The molecule has 1 aromatic rings. The second-order valence-corrected chi connectivity index (χ2v) is 7.13. The molecule has 0 bridgehead atoms. The molecule has 0 spiro atoms. The first-order chi connectivity index (χ1) is 11.6. The molecular weight excluding hydrogens is 300 g/mol. The number of nitrogens with zero attached hydrogens (tertiary/aromatic N) is 2. The van der Waals surface area contributed by atoms with Crippen LogP contribution in [-0.4, -0.2) is 50.9 Å². The van der Waals surface area contributed by atoms with E-state index in [1.54, 1.807) is 0 Å². The lowest BCUT2D eigenvalue weighted by Crippen LogP contribution is -2.47. The highest BCUT2D eigenvalue weighted by Crippen LogP contribution is 2.31. The topological polar surface area (TPSA) is 48.9 Å². The van der Waals surface area contributed by atoms with Gasteiger partial charge in [0, 0.05) is 45.0 Å². The minimum Gasteiger partial charge on any atom is -0.373 e. The summed E-state index contributed by atoms with van der Waals surface area (Å²) in [5, 5.41) is 6.83. The van der Waals surface area contributed by atoms with E-state index in [1.807, 2.05) is 7.05 Å². The summed E-state index contributed by atoms with van der Waals surface area (Å²) in [5.41, 5.74) is 2.78. The number of hydrogen-bond acceptors (Lipinski definition) is 3. The van der Waals surface area contributed by atoms with Gasteiger partial charge in [0.1, 0.15) is 0 Å². The molecule has 2 heterocycles. The summed E-state index contributed by atoms with van der Waals surface area (Å²) in [6, 6.07) is 9.28. The van der Waals surface area contributed by atoms with Gasteiger partial charge in [-0.3, -0.25) is 4.99 Å². The molecule has 2 unspecified atom stereocenters. The molecule has 1 saturated heterocycles. The van der Waals surface area contributed by atoms with Crippen molar-refractivity contribution in [2.75, 3.05) is 38.2 Å². The number of nitrogens with one attached hydrogen (secondary N) is 2. The minimum atomic E-state index is -0.0555. The highest BCUT2D eigenvalue weighted by molar-refractivity contribution is 5.79. The van der Waals surface area contributed by atoms with Crippen LogP contribution in [0.1, 0.15) is 32.3 Å². The van der Waals surface area contributed by atoms with E-state index < -0.39 is 0 Å². The van der Waals surface area contributed by atoms with Crippen molar-refractivity contribution in [3.05, 3.63) is 29.8 Å². The summed E-state index contributed by atoms with van der Waals surface area (Å²) in [4.78, 5) is 6.81. The predicted octanol–water partition coefficient (Wildman–Crippen LogP) is 2.17. The number of anilines is 1. The number of para-hydroxylation sites is 1. The average molecular weight is 330 g/mol. The Balaban J connectivity index is 1.46. The number of guanidine groups is 1. The van der Waals surface area contributed by atoms with Crippen LogP contribution in [-0.2, 0) is 11.2 Å². The van der Waals surface area contributed by atoms with Crippen molar-refractivity contribution >= 4 is 11.6 Å². The third kappa shape index (κ3) is 3.83. The fraction of sp³-hybridized carbons (Fsp3) is 0.632. The maximum absolute atomic E-state index is 5.82. The number of rotatable bonds is 5. The van der Waals surface area contributed by atoms with Crippen LogP contribution in [0.2, 0.25) is 0 Å². The molecule has 2 N–H and O–H groups in total. The summed E-state index contributed by atoms with van der Waals surface area (Å²) < 4.78 is 5.82. The summed E-state index contributed by atoms with van der Waals surface area (Å²) in [6.45, 7) is 7.99. The Hall–Kier alpha value is -1.75. The third-order valence-corrected chi connectivity index (χ3v) is 5.15. The van der Waals surface area contributed by atoms with Crippen molar-refractivity contribution in [1.29, 1.82) is 0 Å². The van der Waals surface area contributed by atoms with Crippen LogP contribution in [0.15, 0.2) is 29.3 Å². The Morgan fingerprint density at radius 3 is 2.96 bits per heavy atom. The van der Waals surface area contributed by atoms with Crippen LogP contribution < -0.4 is 15.5 Å². The predicted molar refractivity (Wildman–Crippen MR) is 99.9 cm³/mol. The first kappa shape index (κ1) is 17.1. The minimum absolute atomic E-state index is 0.0555. The maximum Gasteiger partial charge on any atom is 0.191 e. The van der Waals surface area contributed by atoms with Gasteiger partial charge in [0.25, 0.3) is 0 Å². The first-order valence-corrected chi connectivity index (χ1v) is 9.04. The number of benzene rings is 1. The molecule has 2 atom stereocenters. The molecule has 0 radical (unpaired) electrons. The lowest BCUT2D eigenvalue weighted by molar-refractivity contribution is 0.0243. The first-order valence-electron chi connectivity index (χ1n) is 9.04.